The molecule has 3 unspecified atom stereocenters. The lowest BCUT2D eigenvalue weighted by Crippen LogP contribution is -2.38. The minimum Gasteiger partial charge on any atom is -0.346 e. The molecule has 3 atom stereocenters. The number of tetrazole rings is 1. The molecular weight excluding hydrogens is 280 g/mol. The number of nitrogens with two attached hydrogens (primary N) is 1. The minimum atomic E-state index is -0.353. The number of H-pyrrole nitrogens is 1. The van der Waals surface area contributed by atoms with Gasteiger partial charge in [-0.05, 0) is 12.0 Å². The molecule has 0 saturated heterocycles. The lowest BCUT2D eigenvalue weighted by Gasteiger charge is -2.22. The number of nitrogens with zero attached hydrogens (tertiary/aromatic N) is 3. The molecule has 1 aromatic heterocycles. The highest BCUT2D eigenvalue weighted by atomic mass is 16.2. The summed E-state index contributed by atoms with van der Waals surface area (Å²) in [5.74, 6) is 0.0314. The molecule has 0 saturated carbocycles. The van der Waals surface area contributed by atoms with Crippen molar-refractivity contribution in [2.45, 2.75) is 38.8 Å². The first-order valence-electron chi connectivity index (χ1n) is 7.47. The van der Waals surface area contributed by atoms with E-state index in [4.69, 9.17) is 5.73 Å². The van der Waals surface area contributed by atoms with E-state index in [0.29, 0.717) is 5.82 Å². The molecule has 7 nitrogen and oxygen atoms in total. The fourth-order valence-electron chi connectivity index (χ4n) is 2.30. The van der Waals surface area contributed by atoms with Gasteiger partial charge < -0.3 is 11.1 Å². The number of rotatable bonds is 7. The van der Waals surface area contributed by atoms with E-state index in [9.17, 15) is 4.79 Å². The summed E-state index contributed by atoms with van der Waals surface area (Å²) in [5, 5.41) is 16.8. The lowest BCUT2D eigenvalue weighted by molar-refractivity contribution is -0.126. The molecule has 0 fully saturated rings. The van der Waals surface area contributed by atoms with Gasteiger partial charge in [-0.3, -0.25) is 4.79 Å². The van der Waals surface area contributed by atoms with Gasteiger partial charge in [0.25, 0.3) is 0 Å². The Morgan fingerprint density at radius 1 is 1.36 bits per heavy atom. The Bertz CT molecular complexity index is 571. The number of nitrogens with one attached hydrogen (secondary N) is 2. The third-order valence-corrected chi connectivity index (χ3v) is 3.70. The van der Waals surface area contributed by atoms with Crippen LogP contribution in [-0.2, 0) is 4.79 Å². The molecule has 0 bridgehead atoms. The maximum Gasteiger partial charge on any atom is 0.225 e. The average Bonchev–Trinajstić information content (AvgIpc) is 3.08. The molecule has 7 heteroatoms. The van der Waals surface area contributed by atoms with Crippen molar-refractivity contribution in [2.75, 3.05) is 0 Å². The summed E-state index contributed by atoms with van der Waals surface area (Å²) in [6, 6.07) is 9.01. The van der Waals surface area contributed by atoms with Gasteiger partial charge in [0.2, 0.25) is 5.91 Å². The molecule has 0 spiro atoms. The highest BCUT2D eigenvalue weighted by Gasteiger charge is 2.26. The Labute approximate surface area is 129 Å². The van der Waals surface area contributed by atoms with E-state index < -0.39 is 0 Å². The van der Waals surface area contributed by atoms with Gasteiger partial charge in [-0.1, -0.05) is 55.8 Å². The van der Waals surface area contributed by atoms with Gasteiger partial charge in [0.1, 0.15) is 0 Å². The first-order valence-corrected chi connectivity index (χ1v) is 7.47. The van der Waals surface area contributed by atoms with Crippen molar-refractivity contribution in [1.29, 1.82) is 0 Å². The van der Waals surface area contributed by atoms with Gasteiger partial charge in [-0.15, -0.1) is 10.2 Å². The van der Waals surface area contributed by atoms with Crippen molar-refractivity contribution in [3.05, 3.63) is 41.7 Å². The van der Waals surface area contributed by atoms with E-state index in [1.165, 1.54) is 0 Å². The molecule has 118 valence electrons. The Balaban J connectivity index is 2.03. The first-order chi connectivity index (χ1) is 10.6. The molecule has 0 aliphatic heterocycles. The zero-order valence-corrected chi connectivity index (χ0v) is 12.9. The van der Waals surface area contributed by atoms with Crippen LogP contribution in [0.2, 0.25) is 0 Å². The number of amides is 1. The summed E-state index contributed by atoms with van der Waals surface area (Å²) in [6.07, 6.45) is 1.65. The van der Waals surface area contributed by atoms with Crippen LogP contribution < -0.4 is 11.1 Å². The monoisotopic (exact) mass is 302 g/mol. The molecule has 4 N–H and O–H groups in total. The second kappa shape index (κ2) is 7.65. The summed E-state index contributed by atoms with van der Waals surface area (Å²) in [4.78, 5) is 12.5. The standard InChI is InChI=1S/C15H22N6O/c1-3-7-12(14-18-20-21-19-14)17-15(22)10(2)13(16)11-8-5-4-6-9-11/h4-6,8-10,12-13H,3,7,16H2,1-2H3,(H,17,22)(H,18,19,20,21). The normalized spacial score (nSPS) is 15.0. The molecule has 1 aromatic carbocycles. The second-order valence-electron chi connectivity index (χ2n) is 5.34. The molecule has 2 rings (SSSR count). The van der Waals surface area contributed by atoms with Crippen molar-refractivity contribution in [1.82, 2.24) is 25.9 Å². The maximum atomic E-state index is 12.5. The van der Waals surface area contributed by atoms with E-state index in [-0.39, 0.29) is 23.9 Å². The van der Waals surface area contributed by atoms with Crippen molar-refractivity contribution in [3.63, 3.8) is 0 Å². The highest BCUT2D eigenvalue weighted by molar-refractivity contribution is 5.79. The largest absolute Gasteiger partial charge is 0.346 e. The Kier molecular flexibility index (Phi) is 5.60. The molecule has 2 aromatic rings. The molecule has 22 heavy (non-hydrogen) atoms. The molecule has 1 amide bonds. The highest BCUT2D eigenvalue weighted by Crippen LogP contribution is 2.21. The van der Waals surface area contributed by atoms with Crippen LogP contribution in [0.15, 0.2) is 30.3 Å². The second-order valence-corrected chi connectivity index (χ2v) is 5.34. The Morgan fingerprint density at radius 2 is 2.09 bits per heavy atom. The lowest BCUT2D eigenvalue weighted by atomic mass is 9.94. The molecular formula is C15H22N6O. The van der Waals surface area contributed by atoms with Gasteiger partial charge in [0.15, 0.2) is 5.82 Å². The number of aromatic amines is 1. The molecule has 0 radical (unpaired) electrons. The van der Waals surface area contributed by atoms with Crippen molar-refractivity contribution >= 4 is 5.91 Å². The zero-order valence-electron chi connectivity index (χ0n) is 12.9. The van der Waals surface area contributed by atoms with Crippen LogP contribution in [0.5, 0.6) is 0 Å². The average molecular weight is 302 g/mol. The molecule has 0 aliphatic carbocycles. The summed E-state index contributed by atoms with van der Waals surface area (Å²) < 4.78 is 0. The zero-order chi connectivity index (χ0) is 15.9. The van der Waals surface area contributed by atoms with Crippen LogP contribution in [0.25, 0.3) is 0 Å². The van der Waals surface area contributed by atoms with Crippen molar-refractivity contribution in [2.24, 2.45) is 11.7 Å². The number of carbonyl (C=O) groups excluding carboxylic acids is 1. The quantitative estimate of drug-likeness (QED) is 0.718. The third kappa shape index (κ3) is 3.88. The fourth-order valence-corrected chi connectivity index (χ4v) is 2.30. The van der Waals surface area contributed by atoms with Gasteiger partial charge in [0.05, 0.1) is 12.0 Å². The Hall–Kier alpha value is -2.28. The number of hydrogen-bond acceptors (Lipinski definition) is 5. The molecule has 1 heterocycles. The van der Waals surface area contributed by atoms with Crippen LogP contribution in [0.4, 0.5) is 0 Å². The summed E-state index contributed by atoms with van der Waals surface area (Å²) in [7, 11) is 0. The SMILES string of the molecule is CCCC(NC(=O)C(C)C(N)c1ccccc1)c1nn[nH]n1. The van der Waals surface area contributed by atoms with Crippen LogP contribution in [-0.4, -0.2) is 26.5 Å². The van der Waals surface area contributed by atoms with E-state index in [1.807, 2.05) is 44.2 Å². The smallest absolute Gasteiger partial charge is 0.225 e. The topological polar surface area (TPSA) is 110 Å². The predicted molar refractivity (Wildman–Crippen MR) is 82.5 cm³/mol. The van der Waals surface area contributed by atoms with Gasteiger partial charge in [-0.2, -0.15) is 5.21 Å². The predicted octanol–water partition coefficient (Wildman–Crippen LogP) is 1.49. The summed E-state index contributed by atoms with van der Waals surface area (Å²) >= 11 is 0. The van der Waals surface area contributed by atoms with Gasteiger partial charge in [-0.25, -0.2) is 0 Å². The van der Waals surface area contributed by atoms with E-state index in [2.05, 4.69) is 25.9 Å². The van der Waals surface area contributed by atoms with Crippen LogP contribution in [0.3, 0.4) is 0 Å². The van der Waals surface area contributed by atoms with Gasteiger partial charge >= 0.3 is 0 Å². The Morgan fingerprint density at radius 3 is 2.68 bits per heavy atom. The first kappa shape index (κ1) is 16.1. The van der Waals surface area contributed by atoms with Crippen LogP contribution >= 0.6 is 0 Å². The van der Waals surface area contributed by atoms with E-state index in [1.54, 1.807) is 0 Å². The van der Waals surface area contributed by atoms with Crippen molar-refractivity contribution < 1.29 is 4.79 Å². The van der Waals surface area contributed by atoms with Crippen molar-refractivity contribution in [3.8, 4) is 0 Å². The van der Waals surface area contributed by atoms with Crippen LogP contribution in [0, 0.1) is 5.92 Å². The number of aromatic nitrogens is 4. The minimum absolute atomic E-state index is 0.111. The number of carbonyl (C=O) groups is 1. The van der Waals surface area contributed by atoms with Crippen LogP contribution in [0.1, 0.15) is 50.2 Å². The molecule has 0 aliphatic rings. The maximum absolute atomic E-state index is 12.5. The van der Waals surface area contributed by atoms with E-state index >= 15 is 0 Å². The van der Waals surface area contributed by atoms with E-state index in [0.717, 1.165) is 18.4 Å². The number of hydrogen-bond donors (Lipinski definition) is 3. The van der Waals surface area contributed by atoms with Gasteiger partial charge in [0, 0.05) is 6.04 Å². The number of benzene rings is 1. The summed E-state index contributed by atoms with van der Waals surface area (Å²) in [5.41, 5.74) is 7.14. The summed E-state index contributed by atoms with van der Waals surface area (Å²) in [6.45, 7) is 3.87. The third-order valence-electron chi connectivity index (χ3n) is 3.70. The fraction of sp³-hybridized carbons (Fsp3) is 0.467.